The number of thioether (sulfide) groups is 1. The molecule has 0 aliphatic rings. The molecular weight excluding hydrogens is 327 g/mol. The first kappa shape index (κ1) is 15.1. The van der Waals surface area contributed by atoms with E-state index in [1.54, 1.807) is 16.8 Å². The predicted molar refractivity (Wildman–Crippen MR) is 82.2 cm³/mol. The second-order valence-corrected chi connectivity index (χ2v) is 5.99. The highest BCUT2D eigenvalue weighted by atomic mass is 35.5. The van der Waals surface area contributed by atoms with Gasteiger partial charge in [0, 0.05) is 29.1 Å². The molecule has 8 heteroatoms. The zero-order valence-corrected chi connectivity index (χ0v) is 13.5. The molecule has 0 N–H and O–H groups in total. The number of rotatable bonds is 4. The van der Waals surface area contributed by atoms with Crippen molar-refractivity contribution in [2.24, 2.45) is 7.05 Å². The Kier molecular flexibility index (Phi) is 4.17. The minimum Gasteiger partial charge on any atom is -0.410 e. The molecule has 0 bridgehead atoms. The summed E-state index contributed by atoms with van der Waals surface area (Å²) in [6.45, 7) is 1.93. The van der Waals surface area contributed by atoms with Crippen molar-refractivity contribution in [1.29, 1.82) is 0 Å². The maximum Gasteiger partial charge on any atom is 0.277 e. The first-order chi connectivity index (χ1) is 10.5. The van der Waals surface area contributed by atoms with Gasteiger partial charge in [-0.05, 0) is 25.1 Å². The van der Waals surface area contributed by atoms with E-state index in [0.29, 0.717) is 33.1 Å². The van der Waals surface area contributed by atoms with Gasteiger partial charge >= 0.3 is 0 Å². The van der Waals surface area contributed by atoms with Gasteiger partial charge in [-0.3, -0.25) is 4.68 Å². The SMILES string of the molecule is Cc1cc(-c2nnc(SCc3c(F)cccc3Cl)o2)nn1C. The quantitative estimate of drug-likeness (QED) is 0.676. The predicted octanol–water partition coefficient (Wildman–Crippen LogP) is 3.86. The van der Waals surface area contributed by atoms with E-state index < -0.39 is 0 Å². The van der Waals surface area contributed by atoms with E-state index in [1.807, 2.05) is 20.0 Å². The van der Waals surface area contributed by atoms with E-state index >= 15 is 0 Å². The lowest BCUT2D eigenvalue weighted by atomic mass is 10.2. The molecule has 0 aliphatic carbocycles. The highest BCUT2D eigenvalue weighted by Crippen LogP contribution is 2.29. The molecule has 0 unspecified atom stereocenters. The largest absolute Gasteiger partial charge is 0.410 e. The van der Waals surface area contributed by atoms with Crippen molar-refractivity contribution in [3.63, 3.8) is 0 Å². The standard InChI is InChI=1S/C14H12ClFN4OS/c1-8-6-12(19-20(8)2)13-17-18-14(21-13)22-7-9-10(15)4-3-5-11(9)16/h3-6H,7H2,1-2H3. The fourth-order valence-electron chi connectivity index (χ4n) is 1.84. The number of hydrogen-bond acceptors (Lipinski definition) is 5. The molecule has 2 heterocycles. The molecule has 0 fully saturated rings. The maximum atomic E-state index is 13.7. The average Bonchev–Trinajstić information content (AvgIpc) is 3.06. The van der Waals surface area contributed by atoms with Crippen LogP contribution in [-0.2, 0) is 12.8 Å². The van der Waals surface area contributed by atoms with Crippen LogP contribution in [0.2, 0.25) is 5.02 Å². The van der Waals surface area contributed by atoms with Gasteiger partial charge in [0.1, 0.15) is 11.5 Å². The van der Waals surface area contributed by atoms with Crippen LogP contribution in [0.3, 0.4) is 0 Å². The van der Waals surface area contributed by atoms with Crippen LogP contribution >= 0.6 is 23.4 Å². The normalized spacial score (nSPS) is 11.1. The molecule has 2 aromatic heterocycles. The first-order valence-electron chi connectivity index (χ1n) is 6.45. The summed E-state index contributed by atoms with van der Waals surface area (Å²) >= 11 is 7.21. The van der Waals surface area contributed by atoms with E-state index in [2.05, 4.69) is 15.3 Å². The number of hydrogen-bond donors (Lipinski definition) is 0. The third-order valence-corrected chi connectivity index (χ3v) is 4.34. The van der Waals surface area contributed by atoms with Crippen LogP contribution in [0.5, 0.6) is 0 Å². The van der Waals surface area contributed by atoms with E-state index in [1.165, 1.54) is 17.8 Å². The zero-order chi connectivity index (χ0) is 15.7. The van der Waals surface area contributed by atoms with Crippen LogP contribution in [0.25, 0.3) is 11.6 Å². The van der Waals surface area contributed by atoms with Crippen LogP contribution in [0, 0.1) is 12.7 Å². The van der Waals surface area contributed by atoms with Crippen molar-refractivity contribution in [2.75, 3.05) is 0 Å². The van der Waals surface area contributed by atoms with Crippen LogP contribution in [0.15, 0.2) is 33.9 Å². The van der Waals surface area contributed by atoms with Gasteiger partial charge in [-0.15, -0.1) is 10.2 Å². The second-order valence-electron chi connectivity index (χ2n) is 4.66. The smallest absolute Gasteiger partial charge is 0.277 e. The van der Waals surface area contributed by atoms with E-state index in [-0.39, 0.29) is 5.82 Å². The van der Waals surface area contributed by atoms with Crippen LogP contribution < -0.4 is 0 Å². The lowest BCUT2D eigenvalue weighted by molar-refractivity contribution is 0.463. The van der Waals surface area contributed by atoms with Crippen molar-refractivity contribution < 1.29 is 8.81 Å². The topological polar surface area (TPSA) is 56.7 Å². The van der Waals surface area contributed by atoms with E-state index in [9.17, 15) is 4.39 Å². The molecule has 0 amide bonds. The number of aryl methyl sites for hydroxylation is 2. The number of nitrogens with zero attached hydrogens (tertiary/aromatic N) is 4. The molecule has 3 aromatic rings. The highest BCUT2D eigenvalue weighted by Gasteiger charge is 2.14. The Bertz CT molecular complexity index is 777. The molecule has 5 nitrogen and oxygen atoms in total. The molecule has 22 heavy (non-hydrogen) atoms. The Morgan fingerprint density at radius 3 is 2.86 bits per heavy atom. The first-order valence-corrected chi connectivity index (χ1v) is 7.81. The summed E-state index contributed by atoms with van der Waals surface area (Å²) < 4.78 is 21.0. The van der Waals surface area contributed by atoms with Gasteiger partial charge in [-0.25, -0.2) is 4.39 Å². The number of benzene rings is 1. The number of aromatic nitrogens is 4. The third-order valence-electron chi connectivity index (χ3n) is 3.14. The van der Waals surface area contributed by atoms with Gasteiger partial charge in [-0.1, -0.05) is 29.4 Å². The summed E-state index contributed by atoms with van der Waals surface area (Å²) in [6, 6.07) is 6.45. The molecule has 114 valence electrons. The highest BCUT2D eigenvalue weighted by molar-refractivity contribution is 7.98. The Morgan fingerprint density at radius 1 is 1.36 bits per heavy atom. The molecule has 0 aliphatic heterocycles. The van der Waals surface area contributed by atoms with Crippen molar-refractivity contribution in [3.8, 4) is 11.6 Å². The van der Waals surface area contributed by atoms with Crippen molar-refractivity contribution in [3.05, 3.63) is 46.4 Å². The molecule has 0 radical (unpaired) electrons. The summed E-state index contributed by atoms with van der Waals surface area (Å²) in [5.41, 5.74) is 2.02. The monoisotopic (exact) mass is 338 g/mol. The number of halogens is 2. The summed E-state index contributed by atoms with van der Waals surface area (Å²) in [4.78, 5) is 0. The fourth-order valence-corrected chi connectivity index (χ4v) is 2.95. The summed E-state index contributed by atoms with van der Waals surface area (Å²) in [5, 5.41) is 12.9. The van der Waals surface area contributed by atoms with Gasteiger partial charge in [0.15, 0.2) is 0 Å². The lowest BCUT2D eigenvalue weighted by Crippen LogP contribution is -1.92. The van der Waals surface area contributed by atoms with Gasteiger partial charge < -0.3 is 4.42 Å². The fraction of sp³-hybridized carbons (Fsp3) is 0.214. The van der Waals surface area contributed by atoms with Crippen molar-refractivity contribution in [1.82, 2.24) is 20.0 Å². The molecular formula is C14H12ClFN4OS. The summed E-state index contributed by atoms with van der Waals surface area (Å²) in [5.74, 6) is 0.305. The van der Waals surface area contributed by atoms with E-state index in [4.69, 9.17) is 16.0 Å². The van der Waals surface area contributed by atoms with Crippen molar-refractivity contribution in [2.45, 2.75) is 17.9 Å². The molecule has 0 spiro atoms. The Hall–Kier alpha value is -1.86. The molecule has 1 aromatic carbocycles. The summed E-state index contributed by atoms with van der Waals surface area (Å²) in [6.07, 6.45) is 0. The van der Waals surface area contributed by atoms with Crippen molar-refractivity contribution >= 4 is 23.4 Å². The Balaban J connectivity index is 1.75. The van der Waals surface area contributed by atoms with E-state index in [0.717, 1.165) is 5.69 Å². The minimum absolute atomic E-state index is 0.314. The average molecular weight is 339 g/mol. The molecule has 0 saturated carbocycles. The molecule has 3 rings (SSSR count). The van der Waals surface area contributed by atoms with Crippen LogP contribution in [0.4, 0.5) is 4.39 Å². The van der Waals surface area contributed by atoms with Gasteiger partial charge in [0.25, 0.3) is 11.1 Å². The maximum absolute atomic E-state index is 13.7. The van der Waals surface area contributed by atoms with Crippen LogP contribution in [-0.4, -0.2) is 20.0 Å². The summed E-state index contributed by atoms with van der Waals surface area (Å²) in [7, 11) is 1.84. The lowest BCUT2D eigenvalue weighted by Gasteiger charge is -2.02. The Morgan fingerprint density at radius 2 is 2.18 bits per heavy atom. The Labute approximate surface area is 135 Å². The zero-order valence-electron chi connectivity index (χ0n) is 11.9. The van der Waals surface area contributed by atoms with Crippen LogP contribution in [0.1, 0.15) is 11.3 Å². The minimum atomic E-state index is -0.347. The molecule has 0 atom stereocenters. The molecule has 0 saturated heterocycles. The van der Waals surface area contributed by atoms with Gasteiger partial charge in [0.05, 0.1) is 0 Å². The third kappa shape index (κ3) is 3.00. The second kappa shape index (κ2) is 6.10. The van der Waals surface area contributed by atoms with Gasteiger partial charge in [0.2, 0.25) is 0 Å². The van der Waals surface area contributed by atoms with Gasteiger partial charge in [-0.2, -0.15) is 5.10 Å².